The summed E-state index contributed by atoms with van der Waals surface area (Å²) in [7, 11) is 3.67. The fraction of sp³-hybridized carbons (Fsp3) is 0.400. The van der Waals surface area contributed by atoms with Gasteiger partial charge in [0.25, 0.3) is 0 Å². The highest BCUT2D eigenvalue weighted by atomic mass is 16.5. The molecule has 0 spiro atoms. The number of benzene rings is 1. The van der Waals surface area contributed by atoms with Crippen LogP contribution < -0.4 is 10.1 Å². The lowest BCUT2D eigenvalue weighted by molar-refractivity contribution is 0.400. The van der Waals surface area contributed by atoms with E-state index in [-0.39, 0.29) is 6.04 Å². The van der Waals surface area contributed by atoms with Crippen molar-refractivity contribution in [3.63, 3.8) is 0 Å². The van der Waals surface area contributed by atoms with E-state index in [2.05, 4.69) is 42.5 Å². The van der Waals surface area contributed by atoms with Crippen molar-refractivity contribution in [3.8, 4) is 5.75 Å². The predicted octanol–water partition coefficient (Wildman–Crippen LogP) is 2.59. The van der Waals surface area contributed by atoms with Crippen LogP contribution in [0.3, 0.4) is 0 Å². The maximum atomic E-state index is 5.45. The largest absolute Gasteiger partial charge is 0.496 e. The molecule has 1 aromatic heterocycles. The van der Waals surface area contributed by atoms with Gasteiger partial charge in [0, 0.05) is 31.4 Å². The topological polar surface area (TPSA) is 39.1 Å². The Labute approximate surface area is 114 Å². The normalized spacial score (nSPS) is 12.4. The Hall–Kier alpha value is -1.81. The van der Waals surface area contributed by atoms with E-state index in [1.807, 2.05) is 24.0 Å². The fourth-order valence-corrected chi connectivity index (χ4v) is 2.12. The third-order valence-corrected chi connectivity index (χ3v) is 3.37. The number of hydrogen-bond acceptors (Lipinski definition) is 3. The molecule has 2 aromatic rings. The summed E-state index contributed by atoms with van der Waals surface area (Å²) in [5.41, 5.74) is 3.55. The van der Waals surface area contributed by atoms with Gasteiger partial charge in [-0.3, -0.25) is 4.68 Å². The van der Waals surface area contributed by atoms with Crippen LogP contribution in [0.15, 0.2) is 30.5 Å². The molecule has 102 valence electrons. The van der Waals surface area contributed by atoms with Crippen LogP contribution in [0.25, 0.3) is 0 Å². The summed E-state index contributed by atoms with van der Waals surface area (Å²) in [6.07, 6.45) is 1.81. The molecule has 0 aliphatic carbocycles. The number of nitrogens with one attached hydrogen (secondary N) is 1. The summed E-state index contributed by atoms with van der Waals surface area (Å²) < 4.78 is 7.33. The third-order valence-electron chi connectivity index (χ3n) is 3.37. The van der Waals surface area contributed by atoms with Crippen molar-refractivity contribution in [1.82, 2.24) is 15.1 Å². The van der Waals surface area contributed by atoms with Crippen molar-refractivity contribution in [3.05, 3.63) is 47.3 Å². The Morgan fingerprint density at radius 3 is 2.79 bits per heavy atom. The van der Waals surface area contributed by atoms with Gasteiger partial charge < -0.3 is 10.1 Å². The summed E-state index contributed by atoms with van der Waals surface area (Å²) >= 11 is 0. The summed E-state index contributed by atoms with van der Waals surface area (Å²) in [6, 6.07) is 8.55. The number of aryl methyl sites for hydroxylation is 2. The molecule has 0 saturated carbocycles. The van der Waals surface area contributed by atoms with Gasteiger partial charge >= 0.3 is 0 Å². The highest BCUT2D eigenvalue weighted by molar-refractivity contribution is 5.39. The summed E-state index contributed by atoms with van der Waals surface area (Å²) in [5, 5.41) is 7.66. The number of nitrogens with zero attached hydrogens (tertiary/aromatic N) is 2. The quantitative estimate of drug-likeness (QED) is 0.897. The minimum atomic E-state index is 0.227. The molecular formula is C15H21N3O. The summed E-state index contributed by atoms with van der Waals surface area (Å²) in [6.45, 7) is 5.00. The van der Waals surface area contributed by atoms with Gasteiger partial charge in [-0.05, 0) is 31.5 Å². The van der Waals surface area contributed by atoms with Gasteiger partial charge in [0.2, 0.25) is 0 Å². The molecule has 0 amide bonds. The second kappa shape index (κ2) is 5.89. The van der Waals surface area contributed by atoms with Crippen LogP contribution in [0.2, 0.25) is 0 Å². The monoisotopic (exact) mass is 259 g/mol. The van der Waals surface area contributed by atoms with Crippen LogP contribution in [0.1, 0.15) is 29.8 Å². The number of ether oxygens (including phenoxy) is 1. The van der Waals surface area contributed by atoms with Crippen LogP contribution in [0.4, 0.5) is 0 Å². The molecule has 19 heavy (non-hydrogen) atoms. The van der Waals surface area contributed by atoms with Gasteiger partial charge in [0.15, 0.2) is 0 Å². The van der Waals surface area contributed by atoms with Gasteiger partial charge in [0.1, 0.15) is 5.75 Å². The molecule has 0 bridgehead atoms. The Morgan fingerprint density at radius 1 is 1.37 bits per heavy atom. The molecule has 1 aromatic carbocycles. The molecule has 2 rings (SSSR count). The summed E-state index contributed by atoms with van der Waals surface area (Å²) in [4.78, 5) is 0. The van der Waals surface area contributed by atoms with Crippen LogP contribution in [0, 0.1) is 6.92 Å². The minimum Gasteiger partial charge on any atom is -0.496 e. The highest BCUT2D eigenvalue weighted by Gasteiger charge is 2.11. The SMILES string of the molecule is COc1cc(C)ccc1C(C)NCc1ccnn1C. The van der Waals surface area contributed by atoms with Crippen molar-refractivity contribution in [2.75, 3.05) is 7.11 Å². The molecule has 0 radical (unpaired) electrons. The first-order chi connectivity index (χ1) is 9.11. The van der Waals surface area contributed by atoms with Crippen molar-refractivity contribution in [2.24, 2.45) is 7.05 Å². The van der Waals surface area contributed by atoms with E-state index in [0.29, 0.717) is 0 Å². The maximum Gasteiger partial charge on any atom is 0.123 e. The lowest BCUT2D eigenvalue weighted by atomic mass is 10.0. The van der Waals surface area contributed by atoms with E-state index in [1.54, 1.807) is 7.11 Å². The van der Waals surface area contributed by atoms with Crippen molar-refractivity contribution < 1.29 is 4.74 Å². The smallest absolute Gasteiger partial charge is 0.123 e. The summed E-state index contributed by atoms with van der Waals surface area (Å²) in [5.74, 6) is 0.935. The van der Waals surface area contributed by atoms with Crippen molar-refractivity contribution in [2.45, 2.75) is 26.4 Å². The first kappa shape index (κ1) is 13.6. The molecule has 1 atom stereocenters. The molecule has 1 heterocycles. The fourth-order valence-electron chi connectivity index (χ4n) is 2.12. The van der Waals surface area contributed by atoms with Crippen LogP contribution >= 0.6 is 0 Å². The van der Waals surface area contributed by atoms with E-state index >= 15 is 0 Å². The first-order valence-electron chi connectivity index (χ1n) is 6.46. The molecule has 0 fully saturated rings. The molecule has 0 saturated heterocycles. The van der Waals surface area contributed by atoms with Crippen molar-refractivity contribution in [1.29, 1.82) is 0 Å². The van der Waals surface area contributed by atoms with Gasteiger partial charge in [-0.25, -0.2) is 0 Å². The lowest BCUT2D eigenvalue weighted by Gasteiger charge is -2.18. The van der Waals surface area contributed by atoms with E-state index in [4.69, 9.17) is 4.74 Å². The average molecular weight is 259 g/mol. The van der Waals surface area contributed by atoms with Gasteiger partial charge in [0.05, 0.1) is 12.8 Å². The van der Waals surface area contributed by atoms with Gasteiger partial charge in [-0.2, -0.15) is 5.10 Å². The van der Waals surface area contributed by atoms with Crippen LogP contribution in [0.5, 0.6) is 5.75 Å². The number of methoxy groups -OCH3 is 1. The molecule has 4 heteroatoms. The molecule has 1 unspecified atom stereocenters. The minimum absolute atomic E-state index is 0.227. The second-order valence-electron chi connectivity index (χ2n) is 4.79. The zero-order chi connectivity index (χ0) is 13.8. The van der Waals surface area contributed by atoms with E-state index < -0.39 is 0 Å². The Balaban J connectivity index is 2.07. The third kappa shape index (κ3) is 3.15. The Kier molecular flexibility index (Phi) is 4.22. The maximum absolute atomic E-state index is 5.45. The first-order valence-corrected chi connectivity index (χ1v) is 6.46. The van der Waals surface area contributed by atoms with E-state index in [9.17, 15) is 0 Å². The Morgan fingerprint density at radius 2 is 2.16 bits per heavy atom. The number of aromatic nitrogens is 2. The zero-order valence-corrected chi connectivity index (χ0v) is 12.0. The lowest BCUT2D eigenvalue weighted by Crippen LogP contribution is -2.20. The molecule has 1 N–H and O–H groups in total. The van der Waals surface area contributed by atoms with Crippen LogP contribution in [-0.4, -0.2) is 16.9 Å². The molecule has 0 aliphatic rings. The predicted molar refractivity (Wildman–Crippen MR) is 76.2 cm³/mol. The number of hydrogen-bond donors (Lipinski definition) is 1. The van der Waals surface area contributed by atoms with Crippen molar-refractivity contribution >= 4 is 0 Å². The van der Waals surface area contributed by atoms with Gasteiger partial charge in [-0.15, -0.1) is 0 Å². The van der Waals surface area contributed by atoms with E-state index in [1.165, 1.54) is 11.1 Å². The van der Waals surface area contributed by atoms with Crippen LogP contribution in [-0.2, 0) is 13.6 Å². The average Bonchev–Trinajstić information content (AvgIpc) is 2.81. The highest BCUT2D eigenvalue weighted by Crippen LogP contribution is 2.26. The Bertz CT molecular complexity index is 548. The molecular weight excluding hydrogens is 238 g/mol. The molecule has 4 nitrogen and oxygen atoms in total. The molecule has 0 aliphatic heterocycles. The number of rotatable bonds is 5. The second-order valence-corrected chi connectivity index (χ2v) is 4.79. The standard InChI is InChI=1S/C15H21N3O/c1-11-5-6-14(15(9-11)19-4)12(2)16-10-13-7-8-17-18(13)3/h5-9,12,16H,10H2,1-4H3. The van der Waals surface area contributed by atoms with Gasteiger partial charge in [-0.1, -0.05) is 12.1 Å². The van der Waals surface area contributed by atoms with E-state index in [0.717, 1.165) is 18.0 Å². The zero-order valence-electron chi connectivity index (χ0n) is 12.0.